The van der Waals surface area contributed by atoms with Crippen LogP contribution in [0, 0.1) is 0 Å². The molecule has 5 nitrogen and oxygen atoms in total. The maximum Gasteiger partial charge on any atom is 0.230 e. The summed E-state index contributed by atoms with van der Waals surface area (Å²) in [4.78, 5) is 17.1. The molecule has 1 unspecified atom stereocenters. The van der Waals surface area contributed by atoms with Gasteiger partial charge in [0.25, 0.3) is 0 Å². The second kappa shape index (κ2) is 5.99. The van der Waals surface area contributed by atoms with Gasteiger partial charge in [0.1, 0.15) is 6.26 Å². The van der Waals surface area contributed by atoms with Gasteiger partial charge in [-0.1, -0.05) is 36.4 Å². The van der Waals surface area contributed by atoms with E-state index in [0.717, 1.165) is 5.56 Å². The van der Waals surface area contributed by atoms with Crippen LogP contribution in [0.4, 0.5) is 0 Å². The lowest BCUT2D eigenvalue weighted by Crippen LogP contribution is -2.48. The van der Waals surface area contributed by atoms with Gasteiger partial charge in [-0.3, -0.25) is 9.78 Å². The molecular formula is C17H16N2O3. The van der Waals surface area contributed by atoms with E-state index in [-0.39, 0.29) is 24.8 Å². The minimum atomic E-state index is -1.45. The summed E-state index contributed by atoms with van der Waals surface area (Å²) in [5, 5.41) is 0. The number of nitrogens with two attached hydrogens (primary N) is 1. The molecule has 0 bridgehead atoms. The van der Waals surface area contributed by atoms with Crippen LogP contribution in [0.2, 0.25) is 0 Å². The fraction of sp³-hybridized carbons (Fsp3) is 0.176. The van der Waals surface area contributed by atoms with Gasteiger partial charge in [0.2, 0.25) is 6.79 Å². The van der Waals surface area contributed by atoms with E-state index in [1.54, 1.807) is 24.4 Å². The number of aromatic nitrogens is 1. The van der Waals surface area contributed by atoms with E-state index in [1.807, 2.05) is 30.3 Å². The van der Waals surface area contributed by atoms with Crippen LogP contribution in [-0.2, 0) is 26.2 Å². The number of ketones is 1. The molecule has 1 aromatic carbocycles. The number of Topliss-reactive ketones (excluding diaryl/α,β-unsaturated/α-hetero) is 1. The number of carbonyl (C=O) groups excluding carboxylic acids is 1. The molecule has 5 heteroatoms. The Morgan fingerprint density at radius 2 is 1.95 bits per heavy atom. The molecule has 2 aromatic rings. The third-order valence-electron chi connectivity index (χ3n) is 3.58. The van der Waals surface area contributed by atoms with Gasteiger partial charge in [-0.25, -0.2) is 0 Å². The highest BCUT2D eigenvalue weighted by Crippen LogP contribution is 2.31. The van der Waals surface area contributed by atoms with Gasteiger partial charge in [0.15, 0.2) is 17.1 Å². The summed E-state index contributed by atoms with van der Waals surface area (Å²) in [5.41, 5.74) is 6.30. The average Bonchev–Trinajstić information content (AvgIpc) is 3.11. The van der Waals surface area contributed by atoms with Gasteiger partial charge in [0.05, 0.1) is 5.69 Å². The van der Waals surface area contributed by atoms with Crippen LogP contribution >= 0.6 is 0 Å². The molecule has 0 radical (unpaired) electrons. The molecule has 3 rings (SSSR count). The van der Waals surface area contributed by atoms with Crippen molar-refractivity contribution in [3.63, 3.8) is 0 Å². The van der Waals surface area contributed by atoms with Gasteiger partial charge in [-0.15, -0.1) is 0 Å². The molecule has 0 spiro atoms. The van der Waals surface area contributed by atoms with Gasteiger partial charge < -0.3 is 15.2 Å². The highest BCUT2D eigenvalue weighted by molar-refractivity contribution is 5.93. The fourth-order valence-electron chi connectivity index (χ4n) is 2.37. The summed E-state index contributed by atoms with van der Waals surface area (Å²) in [6.45, 7) is 0.0553. The van der Waals surface area contributed by atoms with Crippen molar-refractivity contribution < 1.29 is 14.3 Å². The van der Waals surface area contributed by atoms with Gasteiger partial charge >= 0.3 is 0 Å². The largest absolute Gasteiger partial charge is 0.462 e. The molecule has 0 aliphatic carbocycles. The van der Waals surface area contributed by atoms with Gasteiger partial charge in [-0.2, -0.15) is 0 Å². The molecule has 2 N–H and O–H groups in total. The Bertz CT molecular complexity index is 686. The first-order chi connectivity index (χ1) is 10.7. The zero-order valence-corrected chi connectivity index (χ0v) is 11.9. The van der Waals surface area contributed by atoms with Crippen LogP contribution in [-0.4, -0.2) is 17.6 Å². The summed E-state index contributed by atoms with van der Waals surface area (Å²) in [5.74, 6) is 0.0845. The van der Waals surface area contributed by atoms with Gasteiger partial charge in [0, 0.05) is 12.6 Å². The predicted octanol–water partition coefficient (Wildman–Crippen LogP) is 1.89. The first-order valence-electron chi connectivity index (χ1n) is 6.94. The normalized spacial score (nSPS) is 16.1. The minimum Gasteiger partial charge on any atom is -0.462 e. The van der Waals surface area contributed by atoms with Crippen molar-refractivity contribution in [2.75, 3.05) is 6.79 Å². The summed E-state index contributed by atoms with van der Waals surface area (Å²) in [6, 6.07) is 14.7. The number of ether oxygens (including phenoxy) is 2. The number of benzene rings is 1. The van der Waals surface area contributed by atoms with Crippen molar-refractivity contribution in [3.8, 4) is 0 Å². The molecule has 1 atom stereocenters. The van der Waals surface area contributed by atoms with Crippen LogP contribution in [0.15, 0.2) is 66.7 Å². The lowest BCUT2D eigenvalue weighted by Gasteiger charge is -2.27. The number of nitrogens with zero attached hydrogens (tertiary/aromatic N) is 1. The van der Waals surface area contributed by atoms with Crippen molar-refractivity contribution >= 4 is 5.78 Å². The maximum absolute atomic E-state index is 12.9. The molecule has 0 amide bonds. The van der Waals surface area contributed by atoms with Crippen LogP contribution < -0.4 is 5.73 Å². The van der Waals surface area contributed by atoms with Crippen molar-refractivity contribution in [1.29, 1.82) is 0 Å². The third kappa shape index (κ3) is 2.58. The zero-order chi connectivity index (χ0) is 15.4. The van der Waals surface area contributed by atoms with E-state index in [1.165, 1.54) is 6.26 Å². The third-order valence-corrected chi connectivity index (χ3v) is 3.58. The van der Waals surface area contributed by atoms with Crippen LogP contribution in [0.25, 0.3) is 0 Å². The molecule has 0 saturated carbocycles. The summed E-state index contributed by atoms with van der Waals surface area (Å²) < 4.78 is 10.5. The molecule has 22 heavy (non-hydrogen) atoms. The van der Waals surface area contributed by atoms with Crippen molar-refractivity contribution in [3.05, 3.63) is 78.0 Å². The highest BCUT2D eigenvalue weighted by atomic mass is 16.7. The van der Waals surface area contributed by atoms with Crippen molar-refractivity contribution in [2.24, 2.45) is 5.73 Å². The summed E-state index contributed by atoms with van der Waals surface area (Å²) in [7, 11) is 0. The Labute approximate surface area is 128 Å². The van der Waals surface area contributed by atoms with Crippen LogP contribution in [0.1, 0.15) is 11.3 Å². The van der Waals surface area contributed by atoms with E-state index >= 15 is 0 Å². The van der Waals surface area contributed by atoms with E-state index in [2.05, 4.69) is 4.98 Å². The SMILES string of the molecule is NC(C(=O)Cc1ccccc1)(C1=COCO1)c1ccccn1. The number of hydrogen-bond donors (Lipinski definition) is 1. The second-order valence-electron chi connectivity index (χ2n) is 5.02. The Hall–Kier alpha value is -2.66. The van der Waals surface area contributed by atoms with E-state index in [4.69, 9.17) is 15.2 Å². The molecule has 1 aliphatic heterocycles. The Balaban J connectivity index is 1.97. The quantitative estimate of drug-likeness (QED) is 0.912. The molecule has 0 fully saturated rings. The molecule has 2 heterocycles. The first-order valence-corrected chi connectivity index (χ1v) is 6.94. The highest BCUT2D eigenvalue weighted by Gasteiger charge is 2.44. The molecule has 1 aromatic heterocycles. The Morgan fingerprint density at radius 1 is 1.18 bits per heavy atom. The lowest BCUT2D eigenvalue weighted by atomic mass is 9.85. The Morgan fingerprint density at radius 3 is 2.59 bits per heavy atom. The average molecular weight is 296 g/mol. The van der Waals surface area contributed by atoms with Gasteiger partial charge in [-0.05, 0) is 17.7 Å². The summed E-state index contributed by atoms with van der Waals surface area (Å²) >= 11 is 0. The molecule has 0 saturated heterocycles. The lowest BCUT2D eigenvalue weighted by molar-refractivity contribution is -0.124. The molecule has 112 valence electrons. The smallest absolute Gasteiger partial charge is 0.230 e. The zero-order valence-electron chi connectivity index (χ0n) is 11.9. The number of pyridine rings is 1. The van der Waals surface area contributed by atoms with Crippen molar-refractivity contribution in [2.45, 2.75) is 12.0 Å². The fourth-order valence-corrected chi connectivity index (χ4v) is 2.37. The second-order valence-corrected chi connectivity index (χ2v) is 5.02. The molecular weight excluding hydrogens is 280 g/mol. The van der Waals surface area contributed by atoms with Crippen molar-refractivity contribution in [1.82, 2.24) is 4.98 Å². The molecule has 1 aliphatic rings. The standard InChI is InChI=1S/C17H16N2O3/c18-17(16-11-21-12-22-16,14-8-4-5-9-19-14)15(20)10-13-6-2-1-3-7-13/h1-9,11H,10,12,18H2. The predicted molar refractivity (Wildman–Crippen MR) is 80.4 cm³/mol. The monoisotopic (exact) mass is 296 g/mol. The number of rotatable bonds is 5. The number of carbonyl (C=O) groups is 1. The summed E-state index contributed by atoms with van der Waals surface area (Å²) in [6.07, 6.45) is 3.18. The number of hydrogen-bond acceptors (Lipinski definition) is 5. The minimum absolute atomic E-state index is 0.0553. The van der Waals surface area contributed by atoms with Crippen LogP contribution in [0.5, 0.6) is 0 Å². The Kier molecular flexibility index (Phi) is 3.89. The first kappa shape index (κ1) is 14.3. The van der Waals surface area contributed by atoms with Crippen LogP contribution in [0.3, 0.4) is 0 Å². The topological polar surface area (TPSA) is 74.4 Å². The van der Waals surface area contributed by atoms with E-state index in [9.17, 15) is 4.79 Å². The van der Waals surface area contributed by atoms with E-state index in [0.29, 0.717) is 5.69 Å². The van der Waals surface area contributed by atoms with E-state index < -0.39 is 5.54 Å². The maximum atomic E-state index is 12.9.